The molecule has 0 spiro atoms. The van der Waals surface area contributed by atoms with Crippen LogP contribution in [0.5, 0.6) is 0 Å². The van der Waals surface area contributed by atoms with Crippen molar-refractivity contribution in [1.29, 1.82) is 0 Å². The van der Waals surface area contributed by atoms with Crippen LogP contribution in [-0.2, 0) is 14.8 Å². The first-order valence-electron chi connectivity index (χ1n) is 6.09. The maximum Gasteiger partial charge on any atom is 0.243 e. The molecule has 1 amide bonds. The first-order valence-corrected chi connectivity index (χ1v) is 8.77. The zero-order valence-corrected chi connectivity index (χ0v) is 14.4. The Morgan fingerprint density at radius 3 is 2.68 bits per heavy atom. The quantitative estimate of drug-likeness (QED) is 0.812. The number of nitrogens with zero attached hydrogens (tertiary/aromatic N) is 2. The molecule has 2 aromatic heterocycles. The highest BCUT2D eigenvalue weighted by molar-refractivity contribution is 7.89. The zero-order chi connectivity index (χ0) is 16.5. The molecular weight excluding hydrogens is 348 g/mol. The van der Waals surface area contributed by atoms with Crippen LogP contribution in [0.15, 0.2) is 17.2 Å². The van der Waals surface area contributed by atoms with E-state index < -0.39 is 10.0 Å². The number of aryl methyl sites for hydroxylation is 1. The number of carbonyl (C=O) groups excluding carboxylic acids is 1. The molecule has 0 aliphatic rings. The number of thiazole rings is 1. The maximum atomic E-state index is 11.9. The SMILES string of the molecule is CNS(=O)(=O)c1cc(-c2sc(NC(C)=O)nc2C)cnc1Cl. The fourth-order valence-electron chi connectivity index (χ4n) is 1.72. The normalized spacial score (nSPS) is 11.5. The van der Waals surface area contributed by atoms with Gasteiger partial charge in [-0.2, -0.15) is 0 Å². The molecule has 118 valence electrons. The second-order valence-electron chi connectivity index (χ2n) is 4.34. The highest BCUT2D eigenvalue weighted by Crippen LogP contribution is 2.34. The number of carbonyl (C=O) groups is 1. The van der Waals surface area contributed by atoms with Crippen molar-refractivity contribution in [2.45, 2.75) is 18.7 Å². The van der Waals surface area contributed by atoms with Gasteiger partial charge in [0.15, 0.2) is 5.13 Å². The van der Waals surface area contributed by atoms with Gasteiger partial charge in [0, 0.05) is 18.7 Å². The predicted octanol–water partition coefficient (Wildman–Crippen LogP) is 2.03. The van der Waals surface area contributed by atoms with E-state index in [9.17, 15) is 13.2 Å². The highest BCUT2D eigenvalue weighted by atomic mass is 35.5. The Kier molecular flexibility index (Phi) is 4.81. The van der Waals surface area contributed by atoms with Gasteiger partial charge in [0.25, 0.3) is 0 Å². The maximum absolute atomic E-state index is 11.9. The molecule has 2 N–H and O–H groups in total. The molecule has 0 aromatic carbocycles. The molecule has 0 bridgehead atoms. The van der Waals surface area contributed by atoms with Crippen LogP contribution in [0.2, 0.25) is 5.15 Å². The van der Waals surface area contributed by atoms with E-state index in [1.165, 1.54) is 37.6 Å². The number of amides is 1. The number of hydrogen-bond donors (Lipinski definition) is 2. The Morgan fingerprint density at radius 2 is 2.09 bits per heavy atom. The van der Waals surface area contributed by atoms with Gasteiger partial charge in [0.1, 0.15) is 10.0 Å². The number of rotatable bonds is 4. The third-order valence-corrected chi connectivity index (χ3v) is 5.67. The summed E-state index contributed by atoms with van der Waals surface area (Å²) in [5.74, 6) is -0.229. The lowest BCUT2D eigenvalue weighted by Crippen LogP contribution is -2.19. The number of sulfonamides is 1. The molecule has 10 heteroatoms. The number of pyridine rings is 1. The number of nitrogens with one attached hydrogen (secondary N) is 2. The van der Waals surface area contributed by atoms with E-state index in [-0.39, 0.29) is 16.0 Å². The van der Waals surface area contributed by atoms with Gasteiger partial charge in [0.05, 0.1) is 10.6 Å². The average molecular weight is 361 g/mol. The van der Waals surface area contributed by atoms with Gasteiger partial charge in [0.2, 0.25) is 15.9 Å². The van der Waals surface area contributed by atoms with Crippen molar-refractivity contribution < 1.29 is 13.2 Å². The number of halogens is 1. The number of anilines is 1. The first-order chi connectivity index (χ1) is 10.2. The lowest BCUT2D eigenvalue weighted by atomic mass is 10.2. The summed E-state index contributed by atoms with van der Waals surface area (Å²) in [5, 5.41) is 2.92. The van der Waals surface area contributed by atoms with Crippen LogP contribution < -0.4 is 10.0 Å². The summed E-state index contributed by atoms with van der Waals surface area (Å²) < 4.78 is 26.1. The molecule has 2 heterocycles. The second-order valence-corrected chi connectivity index (χ2v) is 7.55. The van der Waals surface area contributed by atoms with Crippen LogP contribution in [0.3, 0.4) is 0 Å². The second kappa shape index (κ2) is 6.29. The zero-order valence-electron chi connectivity index (χ0n) is 12.0. The summed E-state index contributed by atoms with van der Waals surface area (Å²) in [6, 6.07) is 1.43. The van der Waals surface area contributed by atoms with Crippen LogP contribution in [0.1, 0.15) is 12.6 Å². The van der Waals surface area contributed by atoms with E-state index in [2.05, 4.69) is 20.0 Å². The fraction of sp³-hybridized carbons (Fsp3) is 0.250. The van der Waals surface area contributed by atoms with E-state index in [1.807, 2.05) is 0 Å². The van der Waals surface area contributed by atoms with Crippen molar-refractivity contribution in [3.63, 3.8) is 0 Å². The summed E-state index contributed by atoms with van der Waals surface area (Å²) in [5.41, 5.74) is 1.22. The molecule has 2 aromatic rings. The van der Waals surface area contributed by atoms with Gasteiger partial charge >= 0.3 is 0 Å². The van der Waals surface area contributed by atoms with E-state index in [0.29, 0.717) is 21.3 Å². The minimum atomic E-state index is -3.71. The molecule has 0 atom stereocenters. The van der Waals surface area contributed by atoms with Crippen molar-refractivity contribution in [2.24, 2.45) is 0 Å². The molecule has 0 saturated heterocycles. The van der Waals surface area contributed by atoms with Gasteiger partial charge in [-0.25, -0.2) is 23.1 Å². The predicted molar refractivity (Wildman–Crippen MR) is 85.6 cm³/mol. The molecule has 0 saturated carbocycles. The van der Waals surface area contributed by atoms with E-state index >= 15 is 0 Å². The van der Waals surface area contributed by atoms with Gasteiger partial charge in [-0.1, -0.05) is 22.9 Å². The summed E-state index contributed by atoms with van der Waals surface area (Å²) in [6.45, 7) is 3.15. The smallest absolute Gasteiger partial charge is 0.243 e. The molecule has 0 unspecified atom stereocenters. The summed E-state index contributed by atoms with van der Waals surface area (Å²) in [6.07, 6.45) is 1.47. The number of hydrogen-bond acceptors (Lipinski definition) is 6. The molecule has 0 fully saturated rings. The van der Waals surface area contributed by atoms with Crippen LogP contribution >= 0.6 is 22.9 Å². The van der Waals surface area contributed by atoms with E-state index in [1.54, 1.807) is 6.92 Å². The third-order valence-electron chi connectivity index (χ3n) is 2.71. The van der Waals surface area contributed by atoms with Gasteiger partial charge in [-0.05, 0) is 20.0 Å². The Morgan fingerprint density at radius 1 is 1.41 bits per heavy atom. The highest BCUT2D eigenvalue weighted by Gasteiger charge is 2.20. The van der Waals surface area contributed by atoms with Crippen LogP contribution in [-0.4, -0.2) is 31.3 Å². The molecule has 0 radical (unpaired) electrons. The van der Waals surface area contributed by atoms with Crippen LogP contribution in [0, 0.1) is 6.92 Å². The molecule has 0 aliphatic heterocycles. The summed E-state index contributed by atoms with van der Waals surface area (Å²) in [4.78, 5) is 19.8. The average Bonchev–Trinajstić information content (AvgIpc) is 2.79. The minimum absolute atomic E-state index is 0.108. The standard InChI is InChI=1S/C12H13ClN4O3S2/c1-6-10(21-12(16-6)17-7(2)18)8-4-9(11(13)15-5-8)22(19,20)14-3/h4-5,14H,1-3H3,(H,16,17,18). The third kappa shape index (κ3) is 3.43. The lowest BCUT2D eigenvalue weighted by molar-refractivity contribution is -0.114. The Labute approximate surface area is 136 Å². The summed E-state index contributed by atoms with van der Waals surface area (Å²) in [7, 11) is -2.42. The van der Waals surface area contributed by atoms with Crippen LogP contribution in [0.4, 0.5) is 5.13 Å². The topological polar surface area (TPSA) is 101 Å². The van der Waals surface area contributed by atoms with Crippen molar-refractivity contribution >= 4 is 44.0 Å². The van der Waals surface area contributed by atoms with E-state index in [0.717, 1.165) is 0 Å². The number of aromatic nitrogens is 2. The van der Waals surface area contributed by atoms with Crippen LogP contribution in [0.25, 0.3) is 10.4 Å². The molecule has 7 nitrogen and oxygen atoms in total. The molecular formula is C12H13ClN4O3S2. The van der Waals surface area contributed by atoms with Gasteiger partial charge in [-0.15, -0.1) is 0 Å². The fourth-order valence-corrected chi connectivity index (χ4v) is 3.90. The Hall–Kier alpha value is -1.55. The summed E-state index contributed by atoms with van der Waals surface area (Å²) >= 11 is 7.09. The molecule has 0 aliphatic carbocycles. The largest absolute Gasteiger partial charge is 0.302 e. The Bertz CT molecular complexity index is 833. The van der Waals surface area contributed by atoms with Crippen molar-refractivity contribution in [1.82, 2.24) is 14.7 Å². The van der Waals surface area contributed by atoms with Crippen molar-refractivity contribution in [3.05, 3.63) is 23.1 Å². The minimum Gasteiger partial charge on any atom is -0.302 e. The molecule has 2 rings (SSSR count). The molecule has 22 heavy (non-hydrogen) atoms. The van der Waals surface area contributed by atoms with Crippen molar-refractivity contribution in [2.75, 3.05) is 12.4 Å². The van der Waals surface area contributed by atoms with Crippen molar-refractivity contribution in [3.8, 4) is 10.4 Å². The van der Waals surface area contributed by atoms with Gasteiger partial charge < -0.3 is 5.32 Å². The first kappa shape index (κ1) is 16.8. The van der Waals surface area contributed by atoms with E-state index in [4.69, 9.17) is 11.6 Å². The monoisotopic (exact) mass is 360 g/mol. The van der Waals surface area contributed by atoms with Gasteiger partial charge in [-0.3, -0.25) is 4.79 Å². The lowest BCUT2D eigenvalue weighted by Gasteiger charge is -2.06. The Balaban J connectivity index is 2.53.